The zero-order chi connectivity index (χ0) is 17.5. The first-order valence-electron chi connectivity index (χ1n) is 7.57. The minimum absolute atomic E-state index is 0.0335. The Bertz CT molecular complexity index is 737. The normalized spacial score (nSPS) is 10.6. The molecule has 0 fully saturated rings. The second-order valence-electron chi connectivity index (χ2n) is 5.44. The molecular weight excluding hydrogens is 324 g/mol. The fraction of sp³-hybridized carbons (Fsp3) is 0.353. The summed E-state index contributed by atoms with van der Waals surface area (Å²) in [6.45, 7) is 4.81. The molecule has 0 aliphatic carbocycles. The molecule has 0 aromatic carbocycles. The van der Waals surface area contributed by atoms with Crippen LogP contribution in [0.15, 0.2) is 24.5 Å². The lowest BCUT2D eigenvalue weighted by atomic mass is 10.2. The van der Waals surface area contributed by atoms with Crippen molar-refractivity contribution in [2.75, 3.05) is 25.0 Å². The van der Waals surface area contributed by atoms with Crippen LogP contribution in [0.25, 0.3) is 0 Å². The number of amides is 1. The SMILES string of the molecule is Cc1sc(NC(=O)CN(CCO)Cc2cccnc2)c(C#N)c1C. The number of rotatable bonds is 7. The fourth-order valence-electron chi connectivity index (χ4n) is 2.32. The summed E-state index contributed by atoms with van der Waals surface area (Å²) in [6, 6.07) is 5.90. The van der Waals surface area contributed by atoms with Crippen LogP contribution >= 0.6 is 11.3 Å². The fourth-order valence-corrected chi connectivity index (χ4v) is 3.35. The molecule has 2 N–H and O–H groups in total. The topological polar surface area (TPSA) is 89.2 Å². The van der Waals surface area contributed by atoms with E-state index in [0.29, 0.717) is 23.7 Å². The minimum atomic E-state index is -0.204. The van der Waals surface area contributed by atoms with Crippen LogP contribution in [0.4, 0.5) is 5.00 Å². The quantitative estimate of drug-likeness (QED) is 0.802. The monoisotopic (exact) mass is 344 g/mol. The van der Waals surface area contributed by atoms with Crippen molar-refractivity contribution in [3.8, 4) is 6.07 Å². The summed E-state index contributed by atoms with van der Waals surface area (Å²) in [7, 11) is 0. The Morgan fingerprint density at radius 1 is 1.50 bits per heavy atom. The van der Waals surface area contributed by atoms with Crippen molar-refractivity contribution in [1.82, 2.24) is 9.88 Å². The van der Waals surface area contributed by atoms with Crippen LogP contribution in [0.3, 0.4) is 0 Å². The largest absolute Gasteiger partial charge is 0.395 e. The molecular formula is C17H20N4O2S. The number of hydrogen-bond donors (Lipinski definition) is 2. The molecule has 0 radical (unpaired) electrons. The molecule has 2 aromatic heterocycles. The number of pyridine rings is 1. The number of aliphatic hydroxyl groups excluding tert-OH is 1. The van der Waals surface area contributed by atoms with Gasteiger partial charge in [0.05, 0.1) is 18.7 Å². The predicted octanol–water partition coefficient (Wildman–Crippen LogP) is 2.06. The van der Waals surface area contributed by atoms with Crippen LogP contribution in [-0.4, -0.2) is 40.6 Å². The molecule has 2 rings (SSSR count). The maximum absolute atomic E-state index is 12.3. The van der Waals surface area contributed by atoms with Gasteiger partial charge in [-0.1, -0.05) is 6.07 Å². The lowest BCUT2D eigenvalue weighted by Gasteiger charge is -2.20. The summed E-state index contributed by atoms with van der Waals surface area (Å²) < 4.78 is 0. The molecule has 0 aliphatic rings. The van der Waals surface area contributed by atoms with Gasteiger partial charge in [-0.25, -0.2) is 0 Å². The summed E-state index contributed by atoms with van der Waals surface area (Å²) in [5.74, 6) is -0.204. The number of anilines is 1. The highest BCUT2D eigenvalue weighted by Crippen LogP contribution is 2.31. The van der Waals surface area contributed by atoms with Crippen molar-refractivity contribution in [3.63, 3.8) is 0 Å². The standard InChI is InChI=1S/C17H20N4O2S/c1-12-13(2)24-17(15(12)8-18)20-16(23)11-21(6-7-22)10-14-4-3-5-19-9-14/h3-5,9,22H,6-7,10-11H2,1-2H3,(H,20,23). The van der Waals surface area contributed by atoms with E-state index in [1.54, 1.807) is 12.4 Å². The number of carbonyl (C=O) groups excluding carboxylic acids is 1. The van der Waals surface area contributed by atoms with Crippen LogP contribution in [0.1, 0.15) is 21.6 Å². The van der Waals surface area contributed by atoms with Crippen molar-refractivity contribution in [1.29, 1.82) is 5.26 Å². The summed E-state index contributed by atoms with van der Waals surface area (Å²) >= 11 is 1.41. The van der Waals surface area contributed by atoms with Gasteiger partial charge < -0.3 is 10.4 Å². The van der Waals surface area contributed by atoms with Gasteiger partial charge in [-0.05, 0) is 31.0 Å². The number of aromatic nitrogens is 1. The van der Waals surface area contributed by atoms with E-state index in [2.05, 4.69) is 16.4 Å². The maximum atomic E-state index is 12.3. The highest BCUT2D eigenvalue weighted by atomic mass is 32.1. The Kier molecular flexibility index (Phi) is 6.44. The van der Waals surface area contributed by atoms with Gasteiger partial charge in [0.1, 0.15) is 11.1 Å². The van der Waals surface area contributed by atoms with E-state index in [-0.39, 0.29) is 19.1 Å². The second kappa shape index (κ2) is 8.55. The van der Waals surface area contributed by atoms with Crippen molar-refractivity contribution >= 4 is 22.2 Å². The maximum Gasteiger partial charge on any atom is 0.239 e. The lowest BCUT2D eigenvalue weighted by Crippen LogP contribution is -2.34. The molecule has 2 aromatic rings. The van der Waals surface area contributed by atoms with E-state index in [1.165, 1.54) is 11.3 Å². The highest BCUT2D eigenvalue weighted by Gasteiger charge is 2.16. The van der Waals surface area contributed by atoms with Gasteiger partial charge in [0.2, 0.25) is 5.91 Å². The molecule has 126 valence electrons. The molecule has 0 atom stereocenters. The average molecular weight is 344 g/mol. The lowest BCUT2D eigenvalue weighted by molar-refractivity contribution is -0.117. The molecule has 24 heavy (non-hydrogen) atoms. The van der Waals surface area contributed by atoms with Gasteiger partial charge in [0.15, 0.2) is 0 Å². The first-order valence-corrected chi connectivity index (χ1v) is 8.38. The summed E-state index contributed by atoms with van der Waals surface area (Å²) in [5.41, 5.74) is 2.39. The number of hydrogen-bond acceptors (Lipinski definition) is 6. The smallest absolute Gasteiger partial charge is 0.239 e. The van der Waals surface area contributed by atoms with Gasteiger partial charge in [0, 0.05) is 30.4 Å². The molecule has 0 spiro atoms. The number of carbonyl (C=O) groups is 1. The number of aliphatic hydroxyl groups is 1. The third kappa shape index (κ3) is 4.61. The van der Waals surface area contributed by atoms with Gasteiger partial charge in [-0.15, -0.1) is 11.3 Å². The van der Waals surface area contributed by atoms with Crippen molar-refractivity contribution in [2.24, 2.45) is 0 Å². The molecule has 0 saturated heterocycles. The van der Waals surface area contributed by atoms with Crippen LogP contribution in [0.5, 0.6) is 0 Å². The molecule has 0 saturated carbocycles. The van der Waals surface area contributed by atoms with E-state index < -0.39 is 0 Å². The van der Waals surface area contributed by atoms with E-state index in [1.807, 2.05) is 30.9 Å². The van der Waals surface area contributed by atoms with Crippen LogP contribution < -0.4 is 5.32 Å². The first-order chi connectivity index (χ1) is 11.5. The molecule has 7 heteroatoms. The van der Waals surface area contributed by atoms with E-state index in [0.717, 1.165) is 16.0 Å². The molecule has 0 bridgehead atoms. The van der Waals surface area contributed by atoms with Crippen LogP contribution in [0.2, 0.25) is 0 Å². The van der Waals surface area contributed by atoms with E-state index >= 15 is 0 Å². The molecule has 0 aliphatic heterocycles. The third-order valence-corrected chi connectivity index (χ3v) is 4.79. The Hall–Kier alpha value is -2.27. The zero-order valence-electron chi connectivity index (χ0n) is 13.7. The van der Waals surface area contributed by atoms with Crippen molar-refractivity contribution in [3.05, 3.63) is 46.1 Å². The second-order valence-corrected chi connectivity index (χ2v) is 6.67. The van der Waals surface area contributed by atoms with Crippen molar-refractivity contribution < 1.29 is 9.90 Å². The third-order valence-electron chi connectivity index (χ3n) is 3.66. The van der Waals surface area contributed by atoms with E-state index in [9.17, 15) is 15.2 Å². The van der Waals surface area contributed by atoms with E-state index in [4.69, 9.17) is 0 Å². The van der Waals surface area contributed by atoms with Gasteiger partial charge in [-0.3, -0.25) is 14.7 Å². The summed E-state index contributed by atoms with van der Waals surface area (Å²) in [6.07, 6.45) is 3.43. The molecule has 6 nitrogen and oxygen atoms in total. The Morgan fingerprint density at radius 3 is 2.92 bits per heavy atom. The Labute approximate surface area is 145 Å². The molecule has 2 heterocycles. The highest BCUT2D eigenvalue weighted by molar-refractivity contribution is 7.16. The van der Waals surface area contributed by atoms with Gasteiger partial charge in [0.25, 0.3) is 0 Å². The number of nitriles is 1. The molecule has 1 amide bonds. The first kappa shape index (κ1) is 18.1. The number of nitrogens with one attached hydrogen (secondary N) is 1. The van der Waals surface area contributed by atoms with Crippen LogP contribution in [-0.2, 0) is 11.3 Å². The Morgan fingerprint density at radius 2 is 2.29 bits per heavy atom. The summed E-state index contributed by atoms with van der Waals surface area (Å²) in [4.78, 5) is 19.2. The summed E-state index contributed by atoms with van der Waals surface area (Å²) in [5, 5.41) is 21.9. The minimum Gasteiger partial charge on any atom is -0.395 e. The van der Waals surface area contributed by atoms with Crippen LogP contribution in [0, 0.1) is 25.2 Å². The average Bonchev–Trinajstić information content (AvgIpc) is 2.82. The molecule has 0 unspecified atom stereocenters. The van der Waals surface area contributed by atoms with Crippen molar-refractivity contribution in [2.45, 2.75) is 20.4 Å². The predicted molar refractivity (Wildman–Crippen MR) is 93.7 cm³/mol. The number of aryl methyl sites for hydroxylation is 1. The number of thiophene rings is 1. The Balaban J connectivity index is 2.03. The zero-order valence-corrected chi connectivity index (χ0v) is 14.6. The van der Waals surface area contributed by atoms with Gasteiger partial charge in [-0.2, -0.15) is 5.26 Å². The van der Waals surface area contributed by atoms with Gasteiger partial charge >= 0.3 is 0 Å². The number of nitrogens with zero attached hydrogens (tertiary/aromatic N) is 3.